The summed E-state index contributed by atoms with van der Waals surface area (Å²) >= 11 is 6.22. The lowest BCUT2D eigenvalue weighted by Crippen LogP contribution is -2.41. The molecule has 2 amide bonds. The van der Waals surface area contributed by atoms with Gasteiger partial charge >= 0.3 is 6.09 Å². The summed E-state index contributed by atoms with van der Waals surface area (Å²) < 4.78 is 11.7. The first kappa shape index (κ1) is 27.9. The molecule has 3 rings (SSSR count). The Labute approximate surface area is 217 Å². The molecule has 2 aromatic rings. The molecule has 0 radical (unpaired) electrons. The largest absolute Gasteiger partial charge is 0.465 e. The van der Waals surface area contributed by atoms with E-state index in [1.54, 1.807) is 12.1 Å². The molecule has 8 nitrogen and oxygen atoms in total. The van der Waals surface area contributed by atoms with E-state index in [1.807, 2.05) is 43.4 Å². The van der Waals surface area contributed by atoms with E-state index in [0.717, 1.165) is 48.5 Å². The second-order valence-electron chi connectivity index (χ2n) is 9.15. The van der Waals surface area contributed by atoms with Crippen molar-refractivity contribution >= 4 is 23.6 Å². The molecule has 0 bridgehead atoms. The predicted octanol–water partition coefficient (Wildman–Crippen LogP) is 4.19. The van der Waals surface area contributed by atoms with E-state index in [-0.39, 0.29) is 25.1 Å². The van der Waals surface area contributed by atoms with Gasteiger partial charge in [0.05, 0.1) is 6.61 Å². The third-order valence-corrected chi connectivity index (χ3v) is 6.67. The van der Waals surface area contributed by atoms with Gasteiger partial charge in [0.1, 0.15) is 6.10 Å². The summed E-state index contributed by atoms with van der Waals surface area (Å²) in [6.45, 7) is 2.53. The number of nitrogens with zero attached hydrogens (tertiary/aromatic N) is 1. The summed E-state index contributed by atoms with van der Waals surface area (Å²) in [5.41, 5.74) is 2.14. The van der Waals surface area contributed by atoms with Crippen molar-refractivity contribution in [3.8, 4) is 0 Å². The summed E-state index contributed by atoms with van der Waals surface area (Å²) in [4.78, 5) is 25.3. The highest BCUT2D eigenvalue weighted by molar-refractivity contribution is 6.30. The minimum absolute atomic E-state index is 0.160. The third kappa shape index (κ3) is 8.48. The van der Waals surface area contributed by atoms with E-state index in [2.05, 4.69) is 10.6 Å². The van der Waals surface area contributed by atoms with Crippen LogP contribution in [0.4, 0.5) is 4.79 Å². The van der Waals surface area contributed by atoms with Crippen LogP contribution < -0.4 is 10.6 Å². The van der Waals surface area contributed by atoms with E-state index >= 15 is 0 Å². The first-order chi connectivity index (χ1) is 17.4. The van der Waals surface area contributed by atoms with Crippen LogP contribution in [0.25, 0.3) is 0 Å². The fourth-order valence-electron chi connectivity index (χ4n) is 4.32. The Morgan fingerprint density at radius 3 is 2.64 bits per heavy atom. The van der Waals surface area contributed by atoms with Crippen LogP contribution in [0.1, 0.15) is 46.9 Å². The number of carboxylic acid groups (broad SMARTS) is 1. The van der Waals surface area contributed by atoms with Gasteiger partial charge in [0.2, 0.25) is 0 Å². The van der Waals surface area contributed by atoms with Crippen molar-refractivity contribution in [1.29, 1.82) is 0 Å². The summed E-state index contributed by atoms with van der Waals surface area (Å²) in [5, 5.41) is 16.0. The van der Waals surface area contributed by atoms with Gasteiger partial charge in [0.15, 0.2) is 0 Å². The van der Waals surface area contributed by atoms with Crippen molar-refractivity contribution in [3.05, 3.63) is 70.2 Å². The zero-order valence-electron chi connectivity index (χ0n) is 20.9. The molecule has 1 fully saturated rings. The second-order valence-corrected chi connectivity index (χ2v) is 9.59. The van der Waals surface area contributed by atoms with Crippen LogP contribution in [0, 0.1) is 5.92 Å². The zero-order chi connectivity index (χ0) is 25.9. The van der Waals surface area contributed by atoms with Crippen LogP contribution in [0.5, 0.6) is 0 Å². The van der Waals surface area contributed by atoms with Crippen molar-refractivity contribution in [2.24, 2.45) is 5.92 Å². The molecular weight excluding hydrogens is 482 g/mol. The summed E-state index contributed by atoms with van der Waals surface area (Å²) in [5.74, 6) is 0.347. The van der Waals surface area contributed by atoms with Crippen LogP contribution in [0.2, 0.25) is 5.02 Å². The molecule has 36 heavy (non-hydrogen) atoms. The quantitative estimate of drug-likeness (QED) is 0.390. The molecule has 0 aromatic heterocycles. The average Bonchev–Trinajstić information content (AvgIpc) is 2.89. The molecule has 1 saturated heterocycles. The lowest BCUT2D eigenvalue weighted by molar-refractivity contribution is 0.0478. The maximum absolute atomic E-state index is 13.0. The molecule has 1 aliphatic heterocycles. The van der Waals surface area contributed by atoms with Gasteiger partial charge in [-0.25, -0.2) is 4.79 Å². The van der Waals surface area contributed by atoms with Gasteiger partial charge in [-0.3, -0.25) is 4.79 Å². The molecule has 0 aliphatic carbocycles. The van der Waals surface area contributed by atoms with Crippen LogP contribution >= 0.6 is 11.6 Å². The molecule has 0 spiro atoms. The molecule has 3 N–H and O–H groups in total. The highest BCUT2D eigenvalue weighted by atomic mass is 35.5. The number of likely N-dealkylation sites (N-methyl/N-ethyl adjacent to an activating group) is 2. The lowest BCUT2D eigenvalue weighted by atomic mass is 9.94. The van der Waals surface area contributed by atoms with E-state index in [0.29, 0.717) is 23.0 Å². The molecule has 196 valence electrons. The number of halogens is 1. The Kier molecular flexibility index (Phi) is 11.0. The first-order valence-electron chi connectivity index (χ1n) is 12.3. The zero-order valence-corrected chi connectivity index (χ0v) is 21.7. The molecule has 3 atom stereocenters. The Hall–Kier alpha value is -2.65. The van der Waals surface area contributed by atoms with Crippen LogP contribution in [-0.4, -0.2) is 75.1 Å². The summed E-state index contributed by atoms with van der Waals surface area (Å²) in [6.07, 6.45) is 1.67. The maximum Gasteiger partial charge on any atom is 0.407 e. The fraction of sp³-hybridized carbons (Fsp3) is 0.481. The molecule has 1 aliphatic rings. The van der Waals surface area contributed by atoms with Gasteiger partial charge in [-0.1, -0.05) is 35.9 Å². The van der Waals surface area contributed by atoms with Crippen LogP contribution in [0.15, 0.2) is 48.5 Å². The molecule has 2 aromatic carbocycles. The van der Waals surface area contributed by atoms with E-state index < -0.39 is 12.2 Å². The monoisotopic (exact) mass is 517 g/mol. The van der Waals surface area contributed by atoms with Crippen molar-refractivity contribution < 1.29 is 24.2 Å². The van der Waals surface area contributed by atoms with Gasteiger partial charge in [-0.05, 0) is 67.6 Å². The molecule has 2 unspecified atom stereocenters. The number of benzene rings is 2. The Morgan fingerprint density at radius 2 is 1.97 bits per heavy atom. The van der Waals surface area contributed by atoms with E-state index in [4.69, 9.17) is 26.2 Å². The van der Waals surface area contributed by atoms with Gasteiger partial charge in [-0.15, -0.1) is 0 Å². The lowest BCUT2D eigenvalue weighted by Gasteiger charge is -2.26. The number of amides is 2. The fourth-order valence-corrected chi connectivity index (χ4v) is 4.52. The smallest absolute Gasteiger partial charge is 0.407 e. The topological polar surface area (TPSA) is 100 Å². The van der Waals surface area contributed by atoms with Gasteiger partial charge in [0.25, 0.3) is 5.91 Å². The van der Waals surface area contributed by atoms with Crippen LogP contribution in [-0.2, 0) is 9.47 Å². The number of hydrogen-bond acceptors (Lipinski definition) is 5. The Balaban J connectivity index is 1.68. The van der Waals surface area contributed by atoms with Crippen molar-refractivity contribution in [2.45, 2.75) is 31.4 Å². The number of carbonyl (C=O) groups excluding carboxylic acids is 1. The van der Waals surface area contributed by atoms with Crippen LogP contribution in [0.3, 0.4) is 0 Å². The third-order valence-electron chi connectivity index (χ3n) is 6.43. The minimum Gasteiger partial charge on any atom is -0.465 e. The molecule has 0 saturated carbocycles. The highest BCUT2D eigenvalue weighted by Gasteiger charge is 2.21. The Bertz CT molecular complexity index is 999. The molecule has 1 heterocycles. The number of nitrogens with one attached hydrogen (secondary N) is 2. The first-order valence-corrected chi connectivity index (χ1v) is 12.7. The maximum atomic E-state index is 13.0. The minimum atomic E-state index is -1.02. The summed E-state index contributed by atoms with van der Waals surface area (Å²) in [7, 11) is 3.40. The summed E-state index contributed by atoms with van der Waals surface area (Å²) in [6, 6.07) is 14.8. The van der Waals surface area contributed by atoms with Gasteiger partial charge in [-0.2, -0.15) is 0 Å². The number of carbonyl (C=O) groups is 2. The highest BCUT2D eigenvalue weighted by Crippen LogP contribution is 2.28. The Morgan fingerprint density at radius 1 is 1.22 bits per heavy atom. The molecular formula is C27H36ClN3O5. The van der Waals surface area contributed by atoms with Gasteiger partial charge in [0, 0.05) is 50.0 Å². The van der Waals surface area contributed by atoms with Gasteiger partial charge < -0.3 is 30.1 Å². The number of hydrogen-bond donors (Lipinski definition) is 3. The predicted molar refractivity (Wildman–Crippen MR) is 140 cm³/mol. The molecule has 9 heteroatoms. The van der Waals surface area contributed by atoms with E-state index in [1.165, 1.54) is 7.05 Å². The van der Waals surface area contributed by atoms with Crippen molar-refractivity contribution in [2.75, 3.05) is 47.0 Å². The SMILES string of the molecule is CNC(CNC(=O)c1cccc(C(OCCN(C)C(=O)O)c2cccc(Cl)c2)c1)C[C@H]1CCCOC1. The van der Waals surface area contributed by atoms with Crippen molar-refractivity contribution in [3.63, 3.8) is 0 Å². The average molecular weight is 518 g/mol. The van der Waals surface area contributed by atoms with E-state index in [9.17, 15) is 9.59 Å². The van der Waals surface area contributed by atoms with Crippen molar-refractivity contribution in [1.82, 2.24) is 15.5 Å². The second kappa shape index (κ2) is 14.2. The normalized spacial score (nSPS) is 17.2. The standard InChI is InChI=1S/C27H36ClN3O5/c1-29-24(14-19-6-5-12-35-18-19)17-30-26(32)22-9-3-7-20(15-22)25(21-8-4-10-23(28)16-21)36-13-11-31(2)27(33)34/h3-4,7-10,15-16,19,24-25,29H,5-6,11-14,17-18H2,1-2H3,(H,30,32)(H,33,34)/t19-,24?,25?/m1/s1. The number of ether oxygens (including phenoxy) is 2. The number of rotatable bonds is 12.